The molecule has 0 amide bonds. The first kappa shape index (κ1) is 9.91. The molecule has 0 heterocycles. The van der Waals surface area contributed by atoms with Crippen molar-refractivity contribution >= 4 is 12.2 Å². The first-order valence-corrected chi connectivity index (χ1v) is 5.62. The molecule has 0 aromatic heterocycles. The Morgan fingerprint density at radius 1 is 0.647 bits per heavy atom. The van der Waals surface area contributed by atoms with E-state index in [0.717, 1.165) is 16.7 Å². The maximum absolute atomic E-state index is 9.76. The van der Waals surface area contributed by atoms with Gasteiger partial charge in [-0.2, -0.15) is 0 Å². The Labute approximate surface area is 100 Å². The van der Waals surface area contributed by atoms with Gasteiger partial charge in [-0.25, -0.2) is 0 Å². The first-order valence-electron chi connectivity index (χ1n) is 5.62. The van der Waals surface area contributed by atoms with Gasteiger partial charge in [0.15, 0.2) is 0 Å². The van der Waals surface area contributed by atoms with Crippen LogP contribution in [0.1, 0.15) is 11.1 Å². The van der Waals surface area contributed by atoms with Crippen LogP contribution < -0.4 is 0 Å². The van der Waals surface area contributed by atoms with Crippen molar-refractivity contribution in [1.82, 2.24) is 0 Å². The summed E-state index contributed by atoms with van der Waals surface area (Å²) in [5.41, 5.74) is 4.52. The molecule has 1 aliphatic rings. The summed E-state index contributed by atoms with van der Waals surface area (Å²) in [7, 11) is 0. The minimum Gasteiger partial charge on any atom is -0.508 e. The predicted molar refractivity (Wildman–Crippen MR) is 71.5 cm³/mol. The molecule has 1 aliphatic carbocycles. The van der Waals surface area contributed by atoms with Crippen LogP contribution in [0.25, 0.3) is 23.3 Å². The van der Waals surface area contributed by atoms with Crippen molar-refractivity contribution in [3.8, 4) is 11.1 Å². The number of aliphatic hydroxyl groups excluding tert-OH is 1. The van der Waals surface area contributed by atoms with Gasteiger partial charge in [-0.15, -0.1) is 0 Å². The van der Waals surface area contributed by atoms with Gasteiger partial charge >= 0.3 is 0 Å². The van der Waals surface area contributed by atoms with Crippen molar-refractivity contribution < 1.29 is 5.11 Å². The van der Waals surface area contributed by atoms with E-state index in [2.05, 4.69) is 18.2 Å². The zero-order valence-corrected chi connectivity index (χ0v) is 9.30. The topological polar surface area (TPSA) is 20.2 Å². The molecule has 1 nitrogen and oxygen atoms in total. The highest BCUT2D eigenvalue weighted by Gasteiger charge is 2.08. The van der Waals surface area contributed by atoms with Crippen LogP contribution in [-0.4, -0.2) is 5.11 Å². The van der Waals surface area contributed by atoms with E-state index in [1.165, 1.54) is 5.56 Å². The Balaban J connectivity index is 2.35. The summed E-state index contributed by atoms with van der Waals surface area (Å²) in [6, 6.07) is 16.3. The zero-order chi connectivity index (χ0) is 11.7. The minimum atomic E-state index is 0.284. The molecular formula is C16H12O. The summed E-state index contributed by atoms with van der Waals surface area (Å²) in [4.78, 5) is 0. The fourth-order valence-electron chi connectivity index (χ4n) is 2.14. The Morgan fingerprint density at radius 2 is 1.24 bits per heavy atom. The second-order valence-corrected chi connectivity index (χ2v) is 4.08. The number of allylic oxidation sites excluding steroid dienone is 1. The van der Waals surface area contributed by atoms with Gasteiger partial charge in [-0.1, -0.05) is 54.6 Å². The molecule has 1 heteroatoms. The van der Waals surface area contributed by atoms with Gasteiger partial charge in [0, 0.05) is 0 Å². The van der Waals surface area contributed by atoms with Crippen LogP contribution in [0.5, 0.6) is 0 Å². The highest BCUT2D eigenvalue weighted by molar-refractivity contribution is 5.84. The average molecular weight is 220 g/mol. The van der Waals surface area contributed by atoms with Gasteiger partial charge in [0.05, 0.1) is 0 Å². The lowest BCUT2D eigenvalue weighted by atomic mass is 9.93. The summed E-state index contributed by atoms with van der Waals surface area (Å²) < 4.78 is 0. The molecule has 0 saturated heterocycles. The summed E-state index contributed by atoms with van der Waals surface area (Å²) in [6.45, 7) is 0. The summed E-state index contributed by atoms with van der Waals surface area (Å²) >= 11 is 0. The Hall–Kier alpha value is -2.28. The lowest BCUT2D eigenvalue weighted by molar-refractivity contribution is 0.438. The lowest BCUT2D eigenvalue weighted by Crippen LogP contribution is -1.90. The standard InChI is InChI=1S/C16H12O/c17-14-10-9-12-5-1-3-7-15(12)16-8-4-2-6-13(16)11-14/h1-11,17H/b10-9-,12-9?,13-11?,14-10?,14-11?,16-15?. The number of benzene rings is 2. The van der Waals surface area contributed by atoms with Crippen molar-refractivity contribution in [2.75, 3.05) is 0 Å². The molecule has 2 aromatic carbocycles. The molecule has 0 spiro atoms. The lowest BCUT2D eigenvalue weighted by Gasteiger charge is -2.12. The fourth-order valence-corrected chi connectivity index (χ4v) is 2.14. The third kappa shape index (κ3) is 1.76. The van der Waals surface area contributed by atoms with E-state index in [-0.39, 0.29) is 5.76 Å². The van der Waals surface area contributed by atoms with Gasteiger partial charge in [0.1, 0.15) is 5.76 Å². The number of hydrogen-bond donors (Lipinski definition) is 1. The van der Waals surface area contributed by atoms with E-state index in [4.69, 9.17) is 0 Å². The van der Waals surface area contributed by atoms with Crippen LogP contribution in [0.3, 0.4) is 0 Å². The molecule has 0 fully saturated rings. The molecule has 82 valence electrons. The van der Waals surface area contributed by atoms with E-state index in [0.29, 0.717) is 0 Å². The van der Waals surface area contributed by atoms with Crippen LogP contribution in [0.4, 0.5) is 0 Å². The molecule has 0 saturated carbocycles. The number of hydrogen-bond acceptors (Lipinski definition) is 1. The second-order valence-electron chi connectivity index (χ2n) is 4.08. The predicted octanol–water partition coefficient (Wildman–Crippen LogP) is 4.28. The zero-order valence-electron chi connectivity index (χ0n) is 9.30. The highest BCUT2D eigenvalue weighted by Crippen LogP contribution is 2.31. The molecule has 0 atom stereocenters. The molecule has 17 heavy (non-hydrogen) atoms. The smallest absolute Gasteiger partial charge is 0.116 e. The van der Waals surface area contributed by atoms with E-state index < -0.39 is 0 Å². The Bertz CT molecular complexity index is 621. The third-order valence-corrected chi connectivity index (χ3v) is 2.95. The van der Waals surface area contributed by atoms with Gasteiger partial charge in [-0.3, -0.25) is 0 Å². The van der Waals surface area contributed by atoms with Gasteiger partial charge in [-0.05, 0) is 34.4 Å². The van der Waals surface area contributed by atoms with Crippen LogP contribution >= 0.6 is 0 Å². The van der Waals surface area contributed by atoms with E-state index >= 15 is 0 Å². The van der Waals surface area contributed by atoms with Crippen molar-refractivity contribution in [1.29, 1.82) is 0 Å². The normalized spacial score (nSPS) is 14.9. The van der Waals surface area contributed by atoms with E-state index in [9.17, 15) is 5.11 Å². The summed E-state index contributed by atoms with van der Waals surface area (Å²) in [6.07, 6.45) is 5.47. The molecule has 3 rings (SSSR count). The van der Waals surface area contributed by atoms with E-state index in [1.807, 2.05) is 36.4 Å². The maximum Gasteiger partial charge on any atom is 0.116 e. The number of aliphatic hydroxyl groups is 1. The molecule has 2 aromatic rings. The first-order chi connectivity index (χ1) is 8.34. The number of rotatable bonds is 0. The van der Waals surface area contributed by atoms with Crippen LogP contribution in [0, 0.1) is 0 Å². The average Bonchev–Trinajstić information content (AvgIpc) is 2.36. The van der Waals surface area contributed by atoms with Crippen molar-refractivity contribution in [3.63, 3.8) is 0 Å². The quantitative estimate of drug-likeness (QED) is 0.702. The van der Waals surface area contributed by atoms with Crippen LogP contribution in [0.2, 0.25) is 0 Å². The van der Waals surface area contributed by atoms with Gasteiger partial charge in [0.25, 0.3) is 0 Å². The summed E-state index contributed by atoms with van der Waals surface area (Å²) in [5, 5.41) is 9.76. The van der Waals surface area contributed by atoms with Gasteiger partial charge < -0.3 is 5.11 Å². The Morgan fingerprint density at radius 3 is 2.00 bits per heavy atom. The minimum absolute atomic E-state index is 0.284. The largest absolute Gasteiger partial charge is 0.508 e. The molecule has 0 aliphatic heterocycles. The molecule has 0 bridgehead atoms. The fraction of sp³-hybridized carbons (Fsp3) is 0. The highest BCUT2D eigenvalue weighted by atomic mass is 16.3. The van der Waals surface area contributed by atoms with Crippen LogP contribution in [-0.2, 0) is 0 Å². The summed E-state index contributed by atoms with van der Waals surface area (Å²) in [5.74, 6) is 0.284. The molecule has 0 radical (unpaired) electrons. The molecule has 0 unspecified atom stereocenters. The Kier molecular flexibility index (Phi) is 2.30. The SMILES string of the molecule is OC1=Cc2ccccc2-c2ccccc2/C=C\1. The third-order valence-electron chi connectivity index (χ3n) is 2.95. The van der Waals surface area contributed by atoms with E-state index in [1.54, 1.807) is 12.2 Å². The maximum atomic E-state index is 9.76. The van der Waals surface area contributed by atoms with Crippen molar-refractivity contribution in [2.24, 2.45) is 0 Å². The van der Waals surface area contributed by atoms with Crippen LogP contribution in [0.15, 0.2) is 60.4 Å². The van der Waals surface area contributed by atoms with Crippen molar-refractivity contribution in [2.45, 2.75) is 0 Å². The monoisotopic (exact) mass is 220 g/mol. The second kappa shape index (κ2) is 3.95. The molecular weight excluding hydrogens is 208 g/mol. The number of fused-ring (bicyclic) bond motifs is 3. The van der Waals surface area contributed by atoms with Crippen molar-refractivity contribution in [3.05, 3.63) is 71.5 Å². The molecule has 1 N–H and O–H groups in total. The van der Waals surface area contributed by atoms with Gasteiger partial charge in [0.2, 0.25) is 0 Å².